The van der Waals surface area contributed by atoms with Gasteiger partial charge in [0, 0.05) is 24.4 Å². The lowest BCUT2D eigenvalue weighted by molar-refractivity contribution is -0.137. The fraction of sp³-hybridized carbons (Fsp3) is 0.400. The fourth-order valence-electron chi connectivity index (χ4n) is 3.43. The number of hydrogen-bond acceptors (Lipinski definition) is 4. The Balaban J connectivity index is 1.82. The van der Waals surface area contributed by atoms with Crippen LogP contribution in [0, 0.1) is 0 Å². The molecule has 0 saturated heterocycles. The van der Waals surface area contributed by atoms with Crippen molar-refractivity contribution in [2.45, 2.75) is 44.9 Å². The zero-order valence-corrected chi connectivity index (χ0v) is 14.6. The van der Waals surface area contributed by atoms with Gasteiger partial charge in [-0.05, 0) is 43.5 Å². The molecule has 0 bridgehead atoms. The highest BCUT2D eigenvalue weighted by atomic mass is 16.5. The van der Waals surface area contributed by atoms with Crippen molar-refractivity contribution in [1.29, 1.82) is 0 Å². The minimum absolute atomic E-state index is 0.348. The second-order valence-corrected chi connectivity index (χ2v) is 6.39. The van der Waals surface area contributed by atoms with E-state index in [1.54, 1.807) is 13.0 Å². The van der Waals surface area contributed by atoms with Crippen molar-refractivity contribution in [3.8, 4) is 5.69 Å². The molecule has 25 heavy (non-hydrogen) atoms. The van der Waals surface area contributed by atoms with Gasteiger partial charge in [-0.15, -0.1) is 0 Å². The molecule has 1 aromatic carbocycles. The first kappa shape index (κ1) is 17.3. The van der Waals surface area contributed by atoms with E-state index < -0.39 is 0 Å². The molecule has 132 valence electrons. The number of ether oxygens (including phenoxy) is 1. The van der Waals surface area contributed by atoms with E-state index in [0.29, 0.717) is 18.2 Å². The van der Waals surface area contributed by atoms with Crippen LogP contribution in [0.2, 0.25) is 0 Å². The first-order valence-corrected chi connectivity index (χ1v) is 8.97. The monoisotopic (exact) mass is 339 g/mol. The number of esters is 1. The summed E-state index contributed by atoms with van der Waals surface area (Å²) in [6.07, 6.45) is 13.2. The Bertz CT molecular complexity index is 758. The standard InChI is InChI=1S/C20H25N3O2/c1-2-25-19(24)11-9-15-8-10-18(17(21)14-15)23-13-12-22-20(23)16-6-4-3-5-7-16/h8-14,16H,2-7,21H2,1H3/b11-9+. The molecule has 1 aliphatic carbocycles. The number of aromatic nitrogens is 2. The quantitative estimate of drug-likeness (QED) is 0.506. The van der Waals surface area contributed by atoms with Gasteiger partial charge >= 0.3 is 5.97 Å². The van der Waals surface area contributed by atoms with E-state index in [1.165, 1.54) is 38.2 Å². The molecular weight excluding hydrogens is 314 g/mol. The molecular formula is C20H25N3O2. The molecule has 0 atom stereocenters. The Morgan fingerprint density at radius 2 is 2.16 bits per heavy atom. The van der Waals surface area contributed by atoms with E-state index in [9.17, 15) is 4.79 Å². The first-order chi connectivity index (χ1) is 12.2. The fourth-order valence-corrected chi connectivity index (χ4v) is 3.43. The first-order valence-electron chi connectivity index (χ1n) is 8.97. The maximum Gasteiger partial charge on any atom is 0.330 e. The summed E-state index contributed by atoms with van der Waals surface area (Å²) in [7, 11) is 0. The Morgan fingerprint density at radius 1 is 1.36 bits per heavy atom. The zero-order chi connectivity index (χ0) is 17.6. The Hall–Kier alpha value is -2.56. The minimum atomic E-state index is -0.348. The molecule has 5 heteroatoms. The molecule has 0 unspecified atom stereocenters. The van der Waals surface area contributed by atoms with Gasteiger partial charge in [0.05, 0.1) is 18.0 Å². The average Bonchev–Trinajstić information content (AvgIpc) is 3.10. The topological polar surface area (TPSA) is 70.1 Å². The maximum atomic E-state index is 11.4. The van der Waals surface area contributed by atoms with Crippen LogP contribution in [-0.4, -0.2) is 22.1 Å². The van der Waals surface area contributed by atoms with Crippen LogP contribution in [-0.2, 0) is 9.53 Å². The predicted octanol–water partition coefficient (Wildman–Crippen LogP) is 4.08. The van der Waals surface area contributed by atoms with Crippen molar-refractivity contribution >= 4 is 17.7 Å². The SMILES string of the molecule is CCOC(=O)/C=C/c1ccc(-n2ccnc2C2CCCCC2)c(N)c1. The number of carbonyl (C=O) groups is 1. The summed E-state index contributed by atoms with van der Waals surface area (Å²) in [6, 6.07) is 5.80. The predicted molar refractivity (Wildman–Crippen MR) is 99.5 cm³/mol. The maximum absolute atomic E-state index is 11.4. The van der Waals surface area contributed by atoms with Gasteiger partial charge in [0.1, 0.15) is 5.82 Å². The van der Waals surface area contributed by atoms with Crippen molar-refractivity contribution in [2.24, 2.45) is 0 Å². The second-order valence-electron chi connectivity index (χ2n) is 6.39. The van der Waals surface area contributed by atoms with E-state index in [4.69, 9.17) is 10.5 Å². The van der Waals surface area contributed by atoms with Crippen LogP contribution in [0.3, 0.4) is 0 Å². The number of carbonyl (C=O) groups excluding carboxylic acids is 1. The second kappa shape index (κ2) is 8.01. The third-order valence-electron chi connectivity index (χ3n) is 4.65. The third kappa shape index (κ3) is 4.10. The van der Waals surface area contributed by atoms with Gasteiger partial charge in [0.15, 0.2) is 0 Å². The summed E-state index contributed by atoms with van der Waals surface area (Å²) in [5.41, 5.74) is 8.75. The lowest BCUT2D eigenvalue weighted by atomic mass is 9.88. The van der Waals surface area contributed by atoms with Crippen LogP contribution in [0.4, 0.5) is 5.69 Å². The third-order valence-corrected chi connectivity index (χ3v) is 4.65. The number of benzene rings is 1. The molecule has 0 radical (unpaired) electrons. The number of anilines is 1. The van der Waals surface area contributed by atoms with Gasteiger partial charge in [0.25, 0.3) is 0 Å². The lowest BCUT2D eigenvalue weighted by Crippen LogP contribution is -2.12. The van der Waals surface area contributed by atoms with Crippen LogP contribution in [0.5, 0.6) is 0 Å². The minimum Gasteiger partial charge on any atom is -0.463 e. The number of nitrogens with two attached hydrogens (primary N) is 1. The molecule has 3 rings (SSSR count). The van der Waals surface area contributed by atoms with Gasteiger partial charge in [-0.1, -0.05) is 25.3 Å². The van der Waals surface area contributed by atoms with Crippen LogP contribution in [0.15, 0.2) is 36.7 Å². The van der Waals surface area contributed by atoms with E-state index in [-0.39, 0.29) is 5.97 Å². The highest BCUT2D eigenvalue weighted by molar-refractivity contribution is 5.87. The van der Waals surface area contributed by atoms with E-state index in [2.05, 4.69) is 9.55 Å². The van der Waals surface area contributed by atoms with Gasteiger partial charge in [0.2, 0.25) is 0 Å². The van der Waals surface area contributed by atoms with E-state index in [1.807, 2.05) is 30.6 Å². The van der Waals surface area contributed by atoms with Gasteiger partial charge in [-0.2, -0.15) is 0 Å². The summed E-state index contributed by atoms with van der Waals surface area (Å²) >= 11 is 0. The number of nitrogens with zero attached hydrogens (tertiary/aromatic N) is 2. The zero-order valence-electron chi connectivity index (χ0n) is 14.6. The largest absolute Gasteiger partial charge is 0.463 e. The Kier molecular flexibility index (Phi) is 5.53. The van der Waals surface area contributed by atoms with E-state index >= 15 is 0 Å². The molecule has 1 aromatic heterocycles. The number of imidazole rings is 1. The van der Waals surface area contributed by atoms with Crippen LogP contribution < -0.4 is 5.73 Å². The number of rotatable bonds is 5. The van der Waals surface area contributed by atoms with Crippen LogP contribution >= 0.6 is 0 Å². The van der Waals surface area contributed by atoms with Crippen molar-refractivity contribution < 1.29 is 9.53 Å². The molecule has 2 N–H and O–H groups in total. The van der Waals surface area contributed by atoms with Crippen molar-refractivity contribution in [3.05, 3.63) is 48.1 Å². The molecule has 1 aliphatic rings. The molecule has 1 fully saturated rings. The molecule has 0 aliphatic heterocycles. The summed E-state index contributed by atoms with van der Waals surface area (Å²) in [5, 5.41) is 0. The van der Waals surface area contributed by atoms with Crippen molar-refractivity contribution in [3.63, 3.8) is 0 Å². The van der Waals surface area contributed by atoms with Gasteiger partial charge in [-0.3, -0.25) is 0 Å². The van der Waals surface area contributed by atoms with E-state index in [0.717, 1.165) is 17.1 Å². The summed E-state index contributed by atoms with van der Waals surface area (Å²) in [5.74, 6) is 1.26. The van der Waals surface area contributed by atoms with Crippen LogP contribution in [0.25, 0.3) is 11.8 Å². The Labute approximate surface area is 148 Å². The Morgan fingerprint density at radius 3 is 2.88 bits per heavy atom. The summed E-state index contributed by atoms with van der Waals surface area (Å²) in [4.78, 5) is 16.0. The van der Waals surface area contributed by atoms with Crippen LogP contribution in [0.1, 0.15) is 56.3 Å². The summed E-state index contributed by atoms with van der Waals surface area (Å²) < 4.78 is 6.99. The van der Waals surface area contributed by atoms with Gasteiger partial charge < -0.3 is 15.0 Å². The molecule has 5 nitrogen and oxygen atoms in total. The van der Waals surface area contributed by atoms with Crippen molar-refractivity contribution in [1.82, 2.24) is 9.55 Å². The molecule has 2 aromatic rings. The molecule has 0 spiro atoms. The summed E-state index contributed by atoms with van der Waals surface area (Å²) in [6.45, 7) is 2.16. The van der Waals surface area contributed by atoms with Crippen molar-refractivity contribution in [2.75, 3.05) is 12.3 Å². The van der Waals surface area contributed by atoms with Gasteiger partial charge in [-0.25, -0.2) is 9.78 Å². The lowest BCUT2D eigenvalue weighted by Gasteiger charge is -2.22. The highest BCUT2D eigenvalue weighted by Crippen LogP contribution is 2.33. The average molecular weight is 339 g/mol. The number of nitrogen functional groups attached to an aromatic ring is 1. The normalized spacial score (nSPS) is 15.6. The molecule has 1 heterocycles. The molecule has 1 saturated carbocycles. The smallest absolute Gasteiger partial charge is 0.330 e. The number of hydrogen-bond donors (Lipinski definition) is 1. The molecule has 0 amide bonds. The highest BCUT2D eigenvalue weighted by Gasteiger charge is 2.21.